The smallest absolute Gasteiger partial charge is 0.268 e. The van der Waals surface area contributed by atoms with Gasteiger partial charge in [-0.2, -0.15) is 0 Å². The maximum absolute atomic E-state index is 14.8. The third-order valence-electron chi connectivity index (χ3n) is 8.97. The standard InChI is InChI=1S/C43H38Cl2N8O5/c1-4-36(58-34-18-16-27(2)22-28(34)3)56-26-50-30-17-19-35(57-31-14-9-6-10-15-31)33(23-30)51-41(54)37(52-25-49-38(44)39(52)45)40-48-24-32(29-12-7-5-8-13-29)42(55)53(40)43-46-20-11-21-47-43/h5-25,36-37,50H,4,26H2,1-3H3,(H,51,54). The fraction of sp³-hybridized carbons (Fsp3) is 0.163. The molecule has 15 heteroatoms. The lowest BCUT2D eigenvalue weighted by atomic mass is 10.1. The van der Waals surface area contributed by atoms with E-state index >= 15 is 0 Å². The van der Waals surface area contributed by atoms with Gasteiger partial charge < -0.3 is 29.4 Å². The average Bonchev–Trinajstić information content (AvgIpc) is 3.56. The van der Waals surface area contributed by atoms with Gasteiger partial charge in [-0.15, -0.1) is 0 Å². The molecular weight excluding hydrogens is 779 g/mol. The molecule has 13 nitrogen and oxygen atoms in total. The van der Waals surface area contributed by atoms with Crippen molar-refractivity contribution in [2.45, 2.75) is 39.5 Å². The topological polar surface area (TPSA) is 147 Å². The summed E-state index contributed by atoms with van der Waals surface area (Å²) in [6, 6.07) is 29.5. The van der Waals surface area contributed by atoms with E-state index in [1.165, 1.54) is 34.1 Å². The number of benzene rings is 4. The van der Waals surface area contributed by atoms with Crippen molar-refractivity contribution >= 4 is 40.5 Å². The first-order valence-corrected chi connectivity index (χ1v) is 19.1. The first kappa shape index (κ1) is 39.7. The second-order valence-corrected chi connectivity index (χ2v) is 13.8. The van der Waals surface area contributed by atoms with Crippen LogP contribution in [0.15, 0.2) is 133 Å². The molecule has 3 heterocycles. The second-order valence-electron chi connectivity index (χ2n) is 13.0. The lowest BCUT2D eigenvalue weighted by molar-refractivity contribution is -0.118. The van der Waals surface area contributed by atoms with Crippen molar-refractivity contribution in [3.05, 3.63) is 166 Å². The molecule has 0 radical (unpaired) electrons. The molecule has 7 rings (SSSR count). The number of aryl methyl sites for hydroxylation is 2. The summed E-state index contributed by atoms with van der Waals surface area (Å²) in [6.45, 7) is 6.08. The summed E-state index contributed by atoms with van der Waals surface area (Å²) in [5.74, 6) is 0.850. The highest BCUT2D eigenvalue weighted by molar-refractivity contribution is 6.40. The number of para-hydroxylation sites is 1. The number of nitrogens with one attached hydrogen (secondary N) is 2. The molecule has 2 N–H and O–H groups in total. The average molecular weight is 818 g/mol. The zero-order chi connectivity index (χ0) is 40.6. The van der Waals surface area contributed by atoms with Crippen molar-refractivity contribution in [2.24, 2.45) is 0 Å². The van der Waals surface area contributed by atoms with E-state index in [1.807, 2.05) is 69.3 Å². The van der Waals surface area contributed by atoms with Crippen LogP contribution in [0.5, 0.6) is 17.2 Å². The van der Waals surface area contributed by atoms with E-state index in [0.29, 0.717) is 29.2 Å². The van der Waals surface area contributed by atoms with E-state index < -0.39 is 23.8 Å². The fourth-order valence-electron chi connectivity index (χ4n) is 6.12. The summed E-state index contributed by atoms with van der Waals surface area (Å²) >= 11 is 13.0. The number of imidazole rings is 1. The molecule has 0 aliphatic heterocycles. The molecule has 7 aromatic rings. The molecule has 2 unspecified atom stereocenters. The van der Waals surface area contributed by atoms with Crippen molar-refractivity contribution in [3.8, 4) is 34.3 Å². The van der Waals surface area contributed by atoms with Crippen LogP contribution in [0.3, 0.4) is 0 Å². The summed E-state index contributed by atoms with van der Waals surface area (Å²) in [4.78, 5) is 46.7. The monoisotopic (exact) mass is 816 g/mol. The quantitative estimate of drug-likeness (QED) is 0.0961. The Hall–Kier alpha value is -6.54. The highest BCUT2D eigenvalue weighted by Crippen LogP contribution is 2.35. The van der Waals surface area contributed by atoms with Gasteiger partial charge in [0.15, 0.2) is 22.8 Å². The van der Waals surface area contributed by atoms with E-state index in [4.69, 9.17) is 42.4 Å². The van der Waals surface area contributed by atoms with E-state index in [9.17, 15) is 9.59 Å². The highest BCUT2D eigenvalue weighted by Gasteiger charge is 2.33. The highest BCUT2D eigenvalue weighted by atomic mass is 35.5. The molecular formula is C43H38Cl2N8O5. The molecule has 0 aliphatic carbocycles. The SMILES string of the molecule is CCC(OCNc1ccc(Oc2ccccc2)c(NC(=O)C(c2ncc(-c3ccccc3)c(=O)n2-c2ncccn2)n2cnc(Cl)c2Cl)c1)Oc1ccc(C)cc1C. The summed E-state index contributed by atoms with van der Waals surface area (Å²) in [5, 5.41) is 6.12. The minimum atomic E-state index is -1.42. The Balaban J connectivity index is 1.24. The number of aromatic nitrogens is 6. The van der Waals surface area contributed by atoms with E-state index in [-0.39, 0.29) is 40.1 Å². The lowest BCUT2D eigenvalue weighted by Gasteiger charge is -2.23. The van der Waals surface area contributed by atoms with Gasteiger partial charge in [0.25, 0.3) is 11.5 Å². The first-order chi connectivity index (χ1) is 28.2. The summed E-state index contributed by atoms with van der Waals surface area (Å²) in [7, 11) is 0. The molecule has 4 aromatic carbocycles. The van der Waals surface area contributed by atoms with Crippen LogP contribution >= 0.6 is 23.2 Å². The summed E-state index contributed by atoms with van der Waals surface area (Å²) in [5.41, 5.74) is 3.37. The van der Waals surface area contributed by atoms with Gasteiger partial charge in [0, 0.05) is 30.7 Å². The van der Waals surface area contributed by atoms with E-state index in [1.54, 1.807) is 48.5 Å². The minimum Gasteiger partial charge on any atom is -0.465 e. The van der Waals surface area contributed by atoms with Crippen molar-refractivity contribution in [3.63, 3.8) is 0 Å². The van der Waals surface area contributed by atoms with Gasteiger partial charge in [0.05, 0.1) is 17.6 Å². The predicted molar refractivity (Wildman–Crippen MR) is 223 cm³/mol. The molecule has 0 aliphatic rings. The summed E-state index contributed by atoms with van der Waals surface area (Å²) in [6.07, 6.45) is 5.75. The Bertz CT molecular complexity index is 2570. The molecule has 0 bridgehead atoms. The zero-order valence-electron chi connectivity index (χ0n) is 31.7. The zero-order valence-corrected chi connectivity index (χ0v) is 33.2. The Labute approximate surface area is 344 Å². The first-order valence-electron chi connectivity index (χ1n) is 18.3. The number of rotatable bonds is 15. The number of hydrogen-bond donors (Lipinski definition) is 2. The molecule has 58 heavy (non-hydrogen) atoms. The van der Waals surface area contributed by atoms with Crippen molar-refractivity contribution in [1.82, 2.24) is 29.1 Å². The number of anilines is 2. The molecule has 0 saturated carbocycles. The normalized spacial score (nSPS) is 12.1. The Morgan fingerprint density at radius 3 is 2.26 bits per heavy atom. The Morgan fingerprint density at radius 2 is 1.57 bits per heavy atom. The lowest BCUT2D eigenvalue weighted by Crippen LogP contribution is -2.35. The van der Waals surface area contributed by atoms with Gasteiger partial charge in [-0.3, -0.25) is 9.59 Å². The second kappa shape index (κ2) is 18.2. The van der Waals surface area contributed by atoms with Crippen molar-refractivity contribution < 1.29 is 19.0 Å². The maximum atomic E-state index is 14.8. The number of carbonyl (C=O) groups is 1. The van der Waals surface area contributed by atoms with Crippen LogP contribution in [0.2, 0.25) is 10.3 Å². The van der Waals surface area contributed by atoms with Gasteiger partial charge in [-0.05, 0) is 67.4 Å². The van der Waals surface area contributed by atoms with Gasteiger partial charge in [0.1, 0.15) is 23.4 Å². The van der Waals surface area contributed by atoms with E-state index in [0.717, 1.165) is 16.9 Å². The van der Waals surface area contributed by atoms with Gasteiger partial charge in [0.2, 0.25) is 12.2 Å². The summed E-state index contributed by atoms with van der Waals surface area (Å²) < 4.78 is 21.0. The van der Waals surface area contributed by atoms with Crippen LogP contribution < -0.4 is 25.7 Å². The van der Waals surface area contributed by atoms with Crippen LogP contribution in [0.1, 0.15) is 36.3 Å². The third kappa shape index (κ3) is 9.02. The van der Waals surface area contributed by atoms with Crippen LogP contribution in [-0.4, -0.2) is 48.0 Å². The molecule has 1 amide bonds. The molecule has 0 spiro atoms. The van der Waals surface area contributed by atoms with Crippen LogP contribution in [0, 0.1) is 13.8 Å². The van der Waals surface area contributed by atoms with E-state index in [2.05, 4.69) is 31.7 Å². The predicted octanol–water partition coefficient (Wildman–Crippen LogP) is 9.03. The van der Waals surface area contributed by atoms with Crippen LogP contribution in [-0.2, 0) is 9.53 Å². The number of halogens is 2. The van der Waals surface area contributed by atoms with Gasteiger partial charge >= 0.3 is 0 Å². The van der Waals surface area contributed by atoms with Gasteiger partial charge in [-0.25, -0.2) is 24.5 Å². The Kier molecular flexibility index (Phi) is 12.4. The number of hydrogen-bond acceptors (Lipinski definition) is 10. The fourth-order valence-corrected chi connectivity index (χ4v) is 6.45. The van der Waals surface area contributed by atoms with Crippen LogP contribution in [0.25, 0.3) is 17.1 Å². The number of ether oxygens (including phenoxy) is 3. The largest absolute Gasteiger partial charge is 0.465 e. The van der Waals surface area contributed by atoms with Crippen molar-refractivity contribution in [1.29, 1.82) is 0 Å². The molecule has 3 aromatic heterocycles. The molecule has 294 valence electrons. The number of amides is 1. The van der Waals surface area contributed by atoms with Crippen LogP contribution in [0.4, 0.5) is 11.4 Å². The van der Waals surface area contributed by atoms with Gasteiger partial charge in [-0.1, -0.05) is 96.4 Å². The number of nitrogens with zero attached hydrogens (tertiary/aromatic N) is 6. The number of carbonyl (C=O) groups excluding carboxylic acids is 1. The van der Waals surface area contributed by atoms with Crippen molar-refractivity contribution in [2.75, 3.05) is 17.4 Å². The Morgan fingerprint density at radius 1 is 0.845 bits per heavy atom. The molecule has 2 atom stereocenters. The third-order valence-corrected chi connectivity index (χ3v) is 9.71. The maximum Gasteiger partial charge on any atom is 0.268 e. The molecule has 0 saturated heterocycles. The minimum absolute atomic E-state index is 0.0147. The molecule has 0 fully saturated rings.